The molecule has 1 saturated heterocycles. The molecule has 0 bridgehead atoms. The number of aromatic nitrogens is 3. The van der Waals surface area contributed by atoms with E-state index in [1.165, 1.54) is 0 Å². The highest BCUT2D eigenvalue weighted by atomic mass is 35.5. The predicted octanol–water partition coefficient (Wildman–Crippen LogP) is 5.32. The molecule has 1 aliphatic rings. The van der Waals surface area contributed by atoms with E-state index in [0.29, 0.717) is 18.1 Å². The SMILES string of the molecule is CC(C)(C)OC(=O)N1CCC(n2c(-c3ccccc3Cl)nc3cccnc32)CC1. The largest absolute Gasteiger partial charge is 0.444 e. The van der Waals surface area contributed by atoms with Gasteiger partial charge in [0, 0.05) is 30.9 Å². The lowest BCUT2D eigenvalue weighted by Gasteiger charge is -2.34. The summed E-state index contributed by atoms with van der Waals surface area (Å²) in [6.07, 6.45) is 3.14. The fourth-order valence-corrected chi connectivity index (χ4v) is 3.96. The third-order valence-corrected chi connectivity index (χ3v) is 5.37. The Morgan fingerprint density at radius 2 is 1.86 bits per heavy atom. The van der Waals surface area contributed by atoms with Gasteiger partial charge < -0.3 is 14.2 Å². The van der Waals surface area contributed by atoms with Crippen LogP contribution in [0.4, 0.5) is 4.79 Å². The van der Waals surface area contributed by atoms with Gasteiger partial charge in [0.25, 0.3) is 0 Å². The highest BCUT2D eigenvalue weighted by Crippen LogP contribution is 2.35. The lowest BCUT2D eigenvalue weighted by Crippen LogP contribution is -2.42. The van der Waals surface area contributed by atoms with Gasteiger partial charge in [0.05, 0.1) is 5.02 Å². The zero-order valence-electron chi connectivity index (χ0n) is 16.9. The first-order valence-corrected chi connectivity index (χ1v) is 10.3. The maximum atomic E-state index is 12.4. The molecule has 7 heteroatoms. The average Bonchev–Trinajstić information content (AvgIpc) is 3.06. The molecular formula is C22H25ClN4O2. The Hall–Kier alpha value is -2.60. The van der Waals surface area contributed by atoms with Gasteiger partial charge in [-0.1, -0.05) is 23.7 Å². The second kappa shape index (κ2) is 7.67. The summed E-state index contributed by atoms with van der Waals surface area (Å²) in [4.78, 5) is 23.6. The number of likely N-dealkylation sites (tertiary alicyclic amines) is 1. The van der Waals surface area contributed by atoms with Crippen LogP contribution in [-0.4, -0.2) is 44.2 Å². The molecule has 3 aromatic rings. The van der Waals surface area contributed by atoms with Crippen LogP contribution in [0.2, 0.25) is 5.02 Å². The molecule has 0 radical (unpaired) electrons. The Labute approximate surface area is 175 Å². The number of rotatable bonds is 2. The first-order chi connectivity index (χ1) is 13.8. The number of ether oxygens (including phenoxy) is 1. The number of hydrogen-bond donors (Lipinski definition) is 0. The molecule has 4 rings (SSSR count). The molecule has 0 atom stereocenters. The number of hydrogen-bond acceptors (Lipinski definition) is 4. The number of halogens is 1. The van der Waals surface area contributed by atoms with Gasteiger partial charge in [0.15, 0.2) is 5.65 Å². The topological polar surface area (TPSA) is 60.2 Å². The van der Waals surface area contributed by atoms with Gasteiger partial charge in [-0.3, -0.25) is 0 Å². The van der Waals surface area contributed by atoms with E-state index < -0.39 is 5.60 Å². The molecule has 0 spiro atoms. The Morgan fingerprint density at radius 3 is 2.55 bits per heavy atom. The molecule has 1 fully saturated rings. The van der Waals surface area contributed by atoms with E-state index in [4.69, 9.17) is 21.3 Å². The summed E-state index contributed by atoms with van der Waals surface area (Å²) < 4.78 is 7.70. The van der Waals surface area contributed by atoms with Crippen molar-refractivity contribution in [3.05, 3.63) is 47.6 Å². The smallest absolute Gasteiger partial charge is 0.410 e. The van der Waals surface area contributed by atoms with Crippen molar-refractivity contribution in [3.63, 3.8) is 0 Å². The molecule has 152 valence electrons. The molecule has 0 saturated carbocycles. The second-order valence-corrected chi connectivity index (χ2v) is 8.74. The van der Waals surface area contributed by atoms with Crippen molar-refractivity contribution in [3.8, 4) is 11.4 Å². The van der Waals surface area contributed by atoms with Gasteiger partial charge >= 0.3 is 6.09 Å². The number of pyridine rings is 1. The van der Waals surface area contributed by atoms with Crippen molar-refractivity contribution in [1.82, 2.24) is 19.4 Å². The maximum Gasteiger partial charge on any atom is 0.410 e. The molecular weight excluding hydrogens is 388 g/mol. The zero-order chi connectivity index (χ0) is 20.6. The summed E-state index contributed by atoms with van der Waals surface area (Å²) in [5.41, 5.74) is 2.09. The van der Waals surface area contributed by atoms with E-state index in [9.17, 15) is 4.79 Å². The van der Waals surface area contributed by atoms with Crippen LogP contribution in [0.15, 0.2) is 42.6 Å². The van der Waals surface area contributed by atoms with Crippen molar-refractivity contribution < 1.29 is 9.53 Å². The highest BCUT2D eigenvalue weighted by molar-refractivity contribution is 6.33. The van der Waals surface area contributed by atoms with Crippen LogP contribution in [0.25, 0.3) is 22.6 Å². The Bertz CT molecular complexity index is 1030. The monoisotopic (exact) mass is 412 g/mol. The Balaban J connectivity index is 1.64. The van der Waals surface area contributed by atoms with Crippen LogP contribution in [0.1, 0.15) is 39.7 Å². The summed E-state index contributed by atoms with van der Waals surface area (Å²) in [6.45, 7) is 6.92. The minimum atomic E-state index is -0.490. The van der Waals surface area contributed by atoms with Gasteiger partial charge in [-0.25, -0.2) is 14.8 Å². The Morgan fingerprint density at radius 1 is 1.14 bits per heavy atom. The van der Waals surface area contributed by atoms with Crippen LogP contribution in [0.5, 0.6) is 0 Å². The van der Waals surface area contributed by atoms with Crippen molar-refractivity contribution in [2.45, 2.75) is 45.3 Å². The fraction of sp³-hybridized carbons (Fsp3) is 0.409. The van der Waals surface area contributed by atoms with Gasteiger partial charge in [-0.15, -0.1) is 0 Å². The first kappa shape index (κ1) is 19.7. The van der Waals surface area contributed by atoms with E-state index >= 15 is 0 Å². The third kappa shape index (κ3) is 4.08. The standard InChI is InChI=1S/C22H25ClN4O2/c1-22(2,3)29-21(28)26-13-10-15(11-14-26)27-19(16-7-4-5-8-17(16)23)25-18-9-6-12-24-20(18)27/h4-9,12,15H,10-11,13-14H2,1-3H3. The van der Waals surface area contributed by atoms with Gasteiger partial charge in [-0.05, 0) is 57.9 Å². The van der Waals surface area contributed by atoms with Crippen LogP contribution in [0.3, 0.4) is 0 Å². The van der Waals surface area contributed by atoms with E-state index in [2.05, 4.69) is 9.55 Å². The van der Waals surface area contributed by atoms with Crippen LogP contribution < -0.4 is 0 Å². The number of carbonyl (C=O) groups excluding carboxylic acids is 1. The molecule has 6 nitrogen and oxygen atoms in total. The minimum absolute atomic E-state index is 0.180. The van der Waals surface area contributed by atoms with E-state index in [1.54, 1.807) is 11.1 Å². The van der Waals surface area contributed by atoms with Crippen molar-refractivity contribution in [1.29, 1.82) is 0 Å². The normalized spacial score (nSPS) is 15.7. The summed E-state index contributed by atoms with van der Waals surface area (Å²) >= 11 is 6.48. The van der Waals surface area contributed by atoms with Gasteiger partial charge in [0.1, 0.15) is 16.9 Å². The highest BCUT2D eigenvalue weighted by Gasteiger charge is 2.30. The summed E-state index contributed by atoms with van der Waals surface area (Å²) in [5, 5.41) is 0.662. The average molecular weight is 413 g/mol. The lowest BCUT2D eigenvalue weighted by molar-refractivity contribution is 0.0190. The quantitative estimate of drug-likeness (QED) is 0.571. The number of imidazole rings is 1. The van der Waals surface area contributed by atoms with E-state index in [-0.39, 0.29) is 12.1 Å². The first-order valence-electron chi connectivity index (χ1n) is 9.89. The predicted molar refractivity (Wildman–Crippen MR) is 114 cm³/mol. The molecule has 0 aliphatic carbocycles. The van der Waals surface area contributed by atoms with Crippen molar-refractivity contribution in [2.24, 2.45) is 0 Å². The number of benzene rings is 1. The van der Waals surface area contributed by atoms with Crippen LogP contribution in [0, 0.1) is 0 Å². The second-order valence-electron chi connectivity index (χ2n) is 8.33. The van der Waals surface area contributed by atoms with Gasteiger partial charge in [-0.2, -0.15) is 0 Å². The molecule has 1 aromatic carbocycles. The van der Waals surface area contributed by atoms with Crippen molar-refractivity contribution >= 4 is 28.9 Å². The van der Waals surface area contributed by atoms with Crippen LogP contribution in [-0.2, 0) is 4.74 Å². The number of carbonyl (C=O) groups is 1. The summed E-state index contributed by atoms with van der Waals surface area (Å²) in [5.74, 6) is 0.819. The minimum Gasteiger partial charge on any atom is -0.444 e. The number of fused-ring (bicyclic) bond motifs is 1. The lowest BCUT2D eigenvalue weighted by atomic mass is 10.0. The third-order valence-electron chi connectivity index (χ3n) is 5.04. The van der Waals surface area contributed by atoms with Crippen molar-refractivity contribution in [2.75, 3.05) is 13.1 Å². The van der Waals surface area contributed by atoms with Gasteiger partial charge in [0.2, 0.25) is 0 Å². The molecule has 0 N–H and O–H groups in total. The molecule has 1 amide bonds. The molecule has 1 aliphatic heterocycles. The van der Waals surface area contributed by atoms with Crippen LogP contribution >= 0.6 is 11.6 Å². The van der Waals surface area contributed by atoms with E-state index in [0.717, 1.165) is 35.4 Å². The molecule has 29 heavy (non-hydrogen) atoms. The zero-order valence-corrected chi connectivity index (χ0v) is 17.7. The molecule has 0 unspecified atom stereocenters. The number of piperidine rings is 1. The fourth-order valence-electron chi connectivity index (χ4n) is 3.74. The summed E-state index contributed by atoms with van der Waals surface area (Å²) in [7, 11) is 0. The molecule has 2 aromatic heterocycles. The number of amides is 1. The number of nitrogens with zero attached hydrogens (tertiary/aromatic N) is 4. The maximum absolute atomic E-state index is 12.4. The molecule has 3 heterocycles. The summed E-state index contributed by atoms with van der Waals surface area (Å²) in [6, 6.07) is 11.8. The van der Waals surface area contributed by atoms with E-state index in [1.807, 2.05) is 57.2 Å². The Kier molecular flexibility index (Phi) is 5.21.